The molecule has 0 aliphatic carbocycles. The highest BCUT2D eigenvalue weighted by Gasteiger charge is 2.32. The summed E-state index contributed by atoms with van der Waals surface area (Å²) in [6.07, 6.45) is -6.79. The SMILES string of the molecule is CCCCn1c(=O)c2c(nc(S(=O)Cc3cccc(OC(F)(F)F)c3)n2Cc2ccc(Cl)cc2)n(C)c1=O.CCCCn1c(=O)c2c(nc(SCc3cccc(OC(F)(F)F)c3)n2Cc2ccc(Cl)cc2)n(C)c1=O. The minimum Gasteiger partial charge on any atom is -0.406 e. The van der Waals surface area contributed by atoms with Gasteiger partial charge in [-0.25, -0.2) is 19.6 Å². The molecular weight excluding hydrogens is 1070 g/mol. The van der Waals surface area contributed by atoms with Crippen LogP contribution >= 0.6 is 35.0 Å². The Morgan fingerprint density at radius 1 is 0.587 bits per heavy atom. The van der Waals surface area contributed by atoms with Gasteiger partial charge in [-0.15, -0.1) is 26.3 Å². The van der Waals surface area contributed by atoms with Gasteiger partial charge in [0.25, 0.3) is 11.1 Å². The summed E-state index contributed by atoms with van der Waals surface area (Å²) in [6.45, 7) is 4.81. The summed E-state index contributed by atoms with van der Waals surface area (Å²) < 4.78 is 106. The molecule has 4 aromatic heterocycles. The summed E-state index contributed by atoms with van der Waals surface area (Å²) >= 11 is 13.3. The highest BCUT2D eigenvalue weighted by molar-refractivity contribution is 7.98. The van der Waals surface area contributed by atoms with Crippen molar-refractivity contribution in [2.24, 2.45) is 14.1 Å². The summed E-state index contributed by atoms with van der Waals surface area (Å²) in [7, 11) is 1.15. The first-order valence-electron chi connectivity index (χ1n) is 23.1. The molecule has 1 atom stereocenters. The predicted molar refractivity (Wildman–Crippen MR) is 275 cm³/mol. The molecular formula is C50H48Cl2F6N8O7S2. The molecule has 398 valence electrons. The Morgan fingerprint density at radius 3 is 1.51 bits per heavy atom. The van der Waals surface area contributed by atoms with Crippen molar-refractivity contribution in [1.82, 2.24) is 37.4 Å². The third-order valence-electron chi connectivity index (χ3n) is 11.5. The molecule has 15 nitrogen and oxygen atoms in total. The minimum atomic E-state index is -4.87. The Kier molecular flexibility index (Phi) is 18.0. The van der Waals surface area contributed by atoms with Crippen LogP contribution in [0, 0.1) is 0 Å². The smallest absolute Gasteiger partial charge is 0.406 e. The number of aryl methyl sites for hydroxylation is 2. The van der Waals surface area contributed by atoms with Gasteiger partial charge in [0.05, 0.1) is 29.6 Å². The van der Waals surface area contributed by atoms with Gasteiger partial charge in [0.15, 0.2) is 27.5 Å². The van der Waals surface area contributed by atoms with Crippen molar-refractivity contribution in [2.75, 3.05) is 0 Å². The summed E-state index contributed by atoms with van der Waals surface area (Å²) in [4.78, 5) is 61.8. The number of ether oxygens (including phenoxy) is 2. The molecule has 0 spiro atoms. The number of fused-ring (bicyclic) bond motifs is 2. The van der Waals surface area contributed by atoms with Crippen molar-refractivity contribution in [3.05, 3.63) is 171 Å². The van der Waals surface area contributed by atoms with Gasteiger partial charge in [-0.3, -0.25) is 32.1 Å². The molecule has 4 heterocycles. The van der Waals surface area contributed by atoms with E-state index in [0.717, 1.165) is 40.7 Å². The molecule has 0 bridgehead atoms. The summed E-state index contributed by atoms with van der Waals surface area (Å²) in [6, 6.07) is 24.8. The van der Waals surface area contributed by atoms with Gasteiger partial charge in [-0.1, -0.05) is 110 Å². The molecule has 8 aromatic rings. The van der Waals surface area contributed by atoms with E-state index in [0.29, 0.717) is 45.7 Å². The number of unbranched alkanes of at least 4 members (excludes halogenated alkanes) is 2. The molecule has 0 saturated carbocycles. The van der Waals surface area contributed by atoms with Crippen LogP contribution in [0.25, 0.3) is 22.3 Å². The largest absolute Gasteiger partial charge is 0.573 e. The maximum absolute atomic E-state index is 13.6. The Bertz CT molecular complexity index is 3610. The normalized spacial score (nSPS) is 12.3. The summed E-state index contributed by atoms with van der Waals surface area (Å²) in [5.41, 5.74) is 1.21. The number of nitrogens with zero attached hydrogens (tertiary/aromatic N) is 8. The van der Waals surface area contributed by atoms with Crippen molar-refractivity contribution in [2.45, 2.75) is 100 Å². The van der Waals surface area contributed by atoms with Gasteiger partial charge in [-0.2, -0.15) is 0 Å². The second-order valence-corrected chi connectivity index (χ2v) is 20.2. The maximum atomic E-state index is 13.6. The first kappa shape index (κ1) is 56.2. The van der Waals surface area contributed by atoms with Gasteiger partial charge in [0.1, 0.15) is 11.5 Å². The molecule has 1 unspecified atom stereocenters. The van der Waals surface area contributed by atoms with Gasteiger partial charge < -0.3 is 18.6 Å². The second-order valence-electron chi connectivity index (χ2n) is 17.0. The van der Waals surface area contributed by atoms with Crippen molar-refractivity contribution in [3.8, 4) is 11.5 Å². The number of hydrogen-bond acceptors (Lipinski definition) is 10. The minimum absolute atomic E-state index is 0.0115. The molecule has 0 saturated heterocycles. The number of alkyl halides is 6. The third kappa shape index (κ3) is 13.8. The van der Waals surface area contributed by atoms with Crippen LogP contribution in [0.5, 0.6) is 11.5 Å². The summed E-state index contributed by atoms with van der Waals surface area (Å²) in [5, 5.41) is 1.54. The molecule has 0 radical (unpaired) electrons. The first-order chi connectivity index (χ1) is 35.5. The highest BCUT2D eigenvalue weighted by atomic mass is 35.5. The maximum Gasteiger partial charge on any atom is 0.573 e. The van der Waals surface area contributed by atoms with E-state index in [4.69, 9.17) is 23.2 Å². The van der Waals surface area contributed by atoms with Crippen molar-refractivity contribution < 1.29 is 40.0 Å². The molecule has 0 fully saturated rings. The number of benzene rings is 4. The molecule has 25 heteroatoms. The number of thioether (sulfide) groups is 1. The molecule has 0 aliphatic heterocycles. The van der Waals surface area contributed by atoms with Gasteiger partial charge in [-0.05, 0) is 83.6 Å². The average Bonchev–Trinajstić information content (AvgIpc) is 3.91. The van der Waals surface area contributed by atoms with Crippen LogP contribution in [0.2, 0.25) is 10.0 Å². The zero-order valence-electron chi connectivity index (χ0n) is 40.6. The van der Waals surface area contributed by atoms with Crippen LogP contribution in [-0.2, 0) is 62.6 Å². The van der Waals surface area contributed by atoms with Crippen molar-refractivity contribution in [3.63, 3.8) is 0 Å². The van der Waals surface area contributed by atoms with Gasteiger partial charge in [0.2, 0.25) is 5.16 Å². The monoisotopic (exact) mass is 1120 g/mol. The van der Waals surface area contributed by atoms with Gasteiger partial charge >= 0.3 is 24.1 Å². The lowest BCUT2D eigenvalue weighted by atomic mass is 10.2. The van der Waals surface area contributed by atoms with E-state index in [9.17, 15) is 49.7 Å². The van der Waals surface area contributed by atoms with E-state index in [2.05, 4.69) is 19.4 Å². The third-order valence-corrected chi connectivity index (χ3v) is 14.4. The fraction of sp³-hybridized carbons (Fsp3) is 0.320. The molecule has 8 rings (SSSR count). The van der Waals surface area contributed by atoms with Crippen LogP contribution in [0.4, 0.5) is 26.3 Å². The molecule has 0 N–H and O–H groups in total. The highest BCUT2D eigenvalue weighted by Crippen LogP contribution is 2.30. The van der Waals surface area contributed by atoms with E-state index < -0.39 is 51.8 Å². The second kappa shape index (κ2) is 24.0. The quantitative estimate of drug-likeness (QED) is 0.0598. The fourth-order valence-corrected chi connectivity index (χ4v) is 10.3. The Hall–Kier alpha value is -6.56. The zero-order valence-corrected chi connectivity index (χ0v) is 43.7. The molecule has 75 heavy (non-hydrogen) atoms. The molecule has 4 aromatic carbocycles. The number of rotatable bonds is 18. The van der Waals surface area contributed by atoms with Crippen LogP contribution in [0.15, 0.2) is 127 Å². The van der Waals surface area contributed by atoms with Crippen LogP contribution in [-0.4, -0.2) is 54.3 Å². The molecule has 0 aliphatic rings. The van der Waals surface area contributed by atoms with Crippen LogP contribution in [0.1, 0.15) is 61.8 Å². The number of halogens is 8. The Morgan fingerprint density at radius 2 is 1.03 bits per heavy atom. The lowest BCUT2D eigenvalue weighted by Gasteiger charge is -2.12. The number of hydrogen-bond donors (Lipinski definition) is 0. The van der Waals surface area contributed by atoms with Gasteiger partial charge in [0, 0.05) is 43.0 Å². The van der Waals surface area contributed by atoms with E-state index in [1.54, 1.807) is 54.1 Å². The molecule has 0 amide bonds. The van der Waals surface area contributed by atoms with Crippen LogP contribution < -0.4 is 32.0 Å². The number of imidazole rings is 2. The van der Waals surface area contributed by atoms with E-state index >= 15 is 0 Å². The average molecular weight is 1120 g/mol. The number of aromatic nitrogens is 8. The standard InChI is InChI=1S/C25H24ClF3N4O4S.C25H24ClF3N4O3S/c1-3-4-12-32-22(34)20-21(31(2)24(32)35)30-23(33(20)14-16-8-10-18(26)11-9-16)38(36)15-17-6-5-7-19(13-17)37-25(27,28)29;1-3-4-12-32-22(34)20-21(31(2)24(32)35)30-23(33(20)14-16-8-10-18(26)11-9-16)37-15-17-6-5-7-19(13-17)36-25(27,28)29/h5-11,13H,3-4,12,14-15H2,1-2H3;5-11,13H,3-4,12,14-15H2,1-2H3. The lowest BCUT2D eigenvalue weighted by Crippen LogP contribution is -2.39. The van der Waals surface area contributed by atoms with Crippen LogP contribution in [0.3, 0.4) is 0 Å². The van der Waals surface area contributed by atoms with Crippen molar-refractivity contribution in [1.29, 1.82) is 0 Å². The topological polar surface area (TPSA) is 159 Å². The fourth-order valence-electron chi connectivity index (χ4n) is 7.88. The van der Waals surface area contributed by atoms with E-state index in [-0.39, 0.29) is 64.4 Å². The van der Waals surface area contributed by atoms with E-state index in [1.165, 1.54) is 67.4 Å². The van der Waals surface area contributed by atoms with E-state index in [1.807, 2.05) is 26.0 Å². The zero-order chi connectivity index (χ0) is 54.4. The Balaban J connectivity index is 0.000000219. The van der Waals surface area contributed by atoms with Crippen molar-refractivity contribution >= 4 is 68.1 Å². The summed E-state index contributed by atoms with van der Waals surface area (Å²) in [5.74, 6) is -0.696. The Labute approximate surface area is 440 Å². The first-order valence-corrected chi connectivity index (χ1v) is 26.2. The lowest BCUT2D eigenvalue weighted by molar-refractivity contribution is -0.275. The predicted octanol–water partition coefficient (Wildman–Crippen LogP) is 10.2.